The van der Waals surface area contributed by atoms with Crippen molar-refractivity contribution >= 4 is 44.4 Å². The summed E-state index contributed by atoms with van der Waals surface area (Å²) < 4.78 is 36.8. The number of benzene rings is 1. The highest BCUT2D eigenvalue weighted by Gasteiger charge is 2.31. The molecule has 11 heteroatoms. The number of carbonyl (C=O) groups is 2. The van der Waals surface area contributed by atoms with Crippen molar-refractivity contribution in [1.29, 1.82) is 0 Å². The van der Waals surface area contributed by atoms with Crippen molar-refractivity contribution in [1.82, 2.24) is 20.6 Å². The summed E-state index contributed by atoms with van der Waals surface area (Å²) in [6, 6.07) is 6.41. The number of aryl methyl sites for hydroxylation is 1. The van der Waals surface area contributed by atoms with E-state index in [9.17, 15) is 22.7 Å². The van der Waals surface area contributed by atoms with E-state index in [0.29, 0.717) is 15.8 Å². The number of rotatable bonds is 7. The fourth-order valence-corrected chi connectivity index (χ4v) is 4.92. The smallest absolute Gasteiger partial charge is 0.245 e. The molecule has 3 aromatic rings. The van der Waals surface area contributed by atoms with Gasteiger partial charge in [-0.3, -0.25) is 14.6 Å². The molecule has 1 aliphatic rings. The van der Waals surface area contributed by atoms with Gasteiger partial charge in [0.1, 0.15) is 10.8 Å². The topological polar surface area (TPSA) is 121 Å². The standard InChI is InChI=1S/C20H19FN4O4S2/c1-10-6-11(4-5-22-10)13-7-16-15(8-14(13)21)25-20(30-16)18(31(28)29)19(27)23-9-17(26)24-12-2-3-12/h4-8,12,18H,2-3,9H2,1H3,(H,23,27)(H,24,26)(H,28,29). The van der Waals surface area contributed by atoms with Crippen LogP contribution in [0.4, 0.5) is 4.39 Å². The molecule has 1 aliphatic carbocycles. The molecule has 31 heavy (non-hydrogen) atoms. The molecule has 2 unspecified atom stereocenters. The van der Waals surface area contributed by atoms with Gasteiger partial charge in [-0.05, 0) is 43.5 Å². The molecule has 1 fully saturated rings. The summed E-state index contributed by atoms with van der Waals surface area (Å²) >= 11 is -1.54. The van der Waals surface area contributed by atoms with Gasteiger partial charge in [-0.15, -0.1) is 11.3 Å². The largest absolute Gasteiger partial charge is 0.352 e. The molecule has 3 N–H and O–H groups in total. The maximum Gasteiger partial charge on any atom is 0.245 e. The predicted molar refractivity (Wildman–Crippen MR) is 115 cm³/mol. The van der Waals surface area contributed by atoms with Crippen LogP contribution in [0.15, 0.2) is 30.5 Å². The number of thiazole rings is 1. The number of amides is 2. The molecule has 0 radical (unpaired) electrons. The van der Waals surface area contributed by atoms with E-state index in [-0.39, 0.29) is 29.0 Å². The van der Waals surface area contributed by atoms with Crippen molar-refractivity contribution in [2.24, 2.45) is 0 Å². The lowest BCUT2D eigenvalue weighted by Gasteiger charge is -2.11. The molecule has 2 atom stereocenters. The molecule has 1 aromatic carbocycles. The Labute approximate surface area is 183 Å². The van der Waals surface area contributed by atoms with Crippen molar-refractivity contribution in [2.75, 3.05) is 6.54 Å². The summed E-state index contributed by atoms with van der Waals surface area (Å²) in [5, 5.41) is 3.68. The lowest BCUT2D eigenvalue weighted by atomic mass is 10.1. The van der Waals surface area contributed by atoms with E-state index in [1.807, 2.05) is 0 Å². The number of pyridine rings is 1. The summed E-state index contributed by atoms with van der Waals surface area (Å²) in [4.78, 5) is 32.6. The van der Waals surface area contributed by atoms with Gasteiger partial charge in [0.2, 0.25) is 11.8 Å². The fraction of sp³-hybridized carbons (Fsp3) is 0.300. The van der Waals surface area contributed by atoms with Gasteiger partial charge in [-0.1, -0.05) is 0 Å². The van der Waals surface area contributed by atoms with E-state index in [4.69, 9.17) is 0 Å². The number of hydrogen-bond acceptors (Lipinski definition) is 6. The van der Waals surface area contributed by atoms with E-state index >= 15 is 0 Å². The van der Waals surface area contributed by atoms with Gasteiger partial charge in [0.25, 0.3) is 0 Å². The molecule has 2 aromatic heterocycles. The zero-order chi connectivity index (χ0) is 22.1. The number of hydrogen-bond donors (Lipinski definition) is 3. The molecular formula is C20H19FN4O4S2. The van der Waals surface area contributed by atoms with Crippen LogP contribution >= 0.6 is 11.3 Å². The number of aromatic nitrogens is 2. The first-order valence-electron chi connectivity index (χ1n) is 9.51. The third kappa shape index (κ3) is 4.94. The van der Waals surface area contributed by atoms with Crippen molar-refractivity contribution < 1.29 is 22.7 Å². The highest BCUT2D eigenvalue weighted by atomic mass is 32.2. The van der Waals surface area contributed by atoms with Crippen LogP contribution in [0.5, 0.6) is 0 Å². The molecular weight excluding hydrogens is 443 g/mol. The Kier molecular flexibility index (Phi) is 6.08. The van der Waals surface area contributed by atoms with Crippen molar-refractivity contribution in [3.8, 4) is 11.1 Å². The van der Waals surface area contributed by atoms with Crippen LogP contribution in [-0.2, 0) is 20.7 Å². The third-order valence-corrected chi connectivity index (χ3v) is 6.80. The lowest BCUT2D eigenvalue weighted by molar-refractivity contribution is -0.126. The van der Waals surface area contributed by atoms with Crippen molar-refractivity contribution in [3.63, 3.8) is 0 Å². The Morgan fingerprint density at radius 2 is 2.13 bits per heavy atom. The van der Waals surface area contributed by atoms with Crippen molar-refractivity contribution in [3.05, 3.63) is 47.0 Å². The molecule has 4 rings (SSSR count). The SMILES string of the molecule is Cc1cc(-c2cc3sc(C(C(=O)NCC(=O)NC4CC4)S(=O)O)nc3cc2F)ccn1. The monoisotopic (exact) mass is 462 g/mol. The van der Waals surface area contributed by atoms with Crippen LogP contribution in [0.1, 0.15) is 28.8 Å². The molecule has 8 nitrogen and oxygen atoms in total. The second kappa shape index (κ2) is 8.77. The van der Waals surface area contributed by atoms with E-state index in [1.54, 1.807) is 31.3 Å². The minimum Gasteiger partial charge on any atom is -0.352 e. The number of halogens is 1. The molecule has 2 heterocycles. The summed E-state index contributed by atoms with van der Waals surface area (Å²) in [6.45, 7) is 1.50. The van der Waals surface area contributed by atoms with Crippen molar-refractivity contribution in [2.45, 2.75) is 31.1 Å². The molecule has 0 bridgehead atoms. The number of nitrogens with one attached hydrogen (secondary N) is 2. The van der Waals surface area contributed by atoms with Gasteiger partial charge in [-0.25, -0.2) is 13.6 Å². The first-order valence-corrected chi connectivity index (χ1v) is 11.5. The van der Waals surface area contributed by atoms with Gasteiger partial charge in [-0.2, -0.15) is 0 Å². The Morgan fingerprint density at radius 3 is 2.81 bits per heavy atom. The van der Waals surface area contributed by atoms with Gasteiger partial charge in [0.05, 0.1) is 16.8 Å². The Hall–Kier alpha value is -2.76. The maximum absolute atomic E-state index is 14.7. The molecule has 2 amide bonds. The van der Waals surface area contributed by atoms with Gasteiger partial charge in [0, 0.05) is 29.6 Å². The quantitative estimate of drug-likeness (QED) is 0.464. The summed E-state index contributed by atoms with van der Waals surface area (Å²) in [5.41, 5.74) is 2.00. The second-order valence-electron chi connectivity index (χ2n) is 7.25. The summed E-state index contributed by atoms with van der Waals surface area (Å²) in [7, 11) is 0. The zero-order valence-electron chi connectivity index (χ0n) is 16.4. The zero-order valence-corrected chi connectivity index (χ0v) is 18.1. The molecule has 0 aliphatic heterocycles. The van der Waals surface area contributed by atoms with Crippen LogP contribution in [0, 0.1) is 12.7 Å². The normalized spacial score (nSPS) is 15.5. The molecule has 162 valence electrons. The minimum atomic E-state index is -2.57. The third-order valence-electron chi connectivity index (χ3n) is 4.73. The molecule has 1 saturated carbocycles. The average molecular weight is 463 g/mol. The highest BCUT2D eigenvalue weighted by molar-refractivity contribution is 7.80. The number of fused-ring (bicyclic) bond motifs is 1. The van der Waals surface area contributed by atoms with Gasteiger partial charge in [0.15, 0.2) is 16.3 Å². The first-order chi connectivity index (χ1) is 14.8. The van der Waals surface area contributed by atoms with E-state index < -0.39 is 28.1 Å². The Balaban J connectivity index is 1.59. The van der Waals surface area contributed by atoms with Gasteiger partial charge >= 0.3 is 0 Å². The maximum atomic E-state index is 14.7. The van der Waals surface area contributed by atoms with Crippen LogP contribution in [0.3, 0.4) is 0 Å². The lowest BCUT2D eigenvalue weighted by Crippen LogP contribution is -2.40. The van der Waals surface area contributed by atoms with E-state index in [2.05, 4.69) is 20.6 Å². The fourth-order valence-electron chi connectivity index (χ4n) is 3.07. The van der Waals surface area contributed by atoms with Crippen LogP contribution in [0.25, 0.3) is 21.3 Å². The van der Waals surface area contributed by atoms with Gasteiger partial charge < -0.3 is 15.2 Å². The van der Waals surface area contributed by atoms with Crippen LogP contribution in [0.2, 0.25) is 0 Å². The average Bonchev–Trinajstić information content (AvgIpc) is 3.43. The first kappa shape index (κ1) is 21.5. The number of nitrogens with zero attached hydrogens (tertiary/aromatic N) is 2. The molecule has 0 saturated heterocycles. The Bertz CT molecular complexity index is 1200. The second-order valence-corrected chi connectivity index (χ2v) is 9.34. The van der Waals surface area contributed by atoms with Crippen LogP contribution < -0.4 is 10.6 Å². The molecule has 0 spiro atoms. The predicted octanol–water partition coefficient (Wildman–Crippen LogP) is 2.46. The summed E-state index contributed by atoms with van der Waals surface area (Å²) in [5.74, 6) is -1.66. The number of carbonyl (C=O) groups excluding carboxylic acids is 2. The van der Waals surface area contributed by atoms with E-state index in [0.717, 1.165) is 29.9 Å². The summed E-state index contributed by atoms with van der Waals surface area (Å²) in [6.07, 6.45) is 3.40. The highest BCUT2D eigenvalue weighted by Crippen LogP contribution is 2.34. The van der Waals surface area contributed by atoms with Crippen LogP contribution in [-0.4, -0.2) is 43.1 Å². The Morgan fingerprint density at radius 1 is 1.35 bits per heavy atom. The van der Waals surface area contributed by atoms with E-state index in [1.165, 1.54) is 6.07 Å². The minimum absolute atomic E-state index is 0.0680.